The lowest BCUT2D eigenvalue weighted by molar-refractivity contribution is 0.109. The first-order valence-electron chi connectivity index (χ1n) is 8.61. The van der Waals surface area contributed by atoms with Crippen LogP contribution in [-0.2, 0) is 11.3 Å². The number of nitrogens with zero attached hydrogens (tertiary/aromatic N) is 1. The van der Waals surface area contributed by atoms with Gasteiger partial charge in [0, 0.05) is 32.2 Å². The van der Waals surface area contributed by atoms with E-state index in [1.54, 1.807) is 0 Å². The topological polar surface area (TPSA) is 67.6 Å². The molecule has 2 rings (SSSR count). The van der Waals surface area contributed by atoms with E-state index < -0.39 is 0 Å². The van der Waals surface area contributed by atoms with Crippen molar-refractivity contribution < 1.29 is 9.53 Å². The first kappa shape index (κ1) is 17.8. The molecule has 0 bridgehead atoms. The van der Waals surface area contributed by atoms with Crippen molar-refractivity contribution in [3.63, 3.8) is 0 Å². The third-order valence-corrected chi connectivity index (χ3v) is 4.29. The highest BCUT2D eigenvalue weighted by Crippen LogP contribution is 2.21. The fourth-order valence-corrected chi connectivity index (χ4v) is 3.32. The summed E-state index contributed by atoms with van der Waals surface area (Å²) in [7, 11) is 0. The number of piperidine rings is 1. The first-order chi connectivity index (χ1) is 11.2. The van der Waals surface area contributed by atoms with E-state index in [1.807, 2.05) is 30.3 Å². The molecule has 5 nitrogen and oxygen atoms in total. The van der Waals surface area contributed by atoms with Crippen LogP contribution in [0.4, 0.5) is 4.79 Å². The van der Waals surface area contributed by atoms with Gasteiger partial charge in [-0.2, -0.15) is 0 Å². The van der Waals surface area contributed by atoms with Gasteiger partial charge in [0.05, 0.1) is 0 Å². The van der Waals surface area contributed by atoms with Crippen molar-refractivity contribution in [1.82, 2.24) is 10.2 Å². The van der Waals surface area contributed by atoms with Gasteiger partial charge in [-0.3, -0.25) is 4.90 Å². The molecule has 0 aliphatic carbocycles. The van der Waals surface area contributed by atoms with E-state index in [9.17, 15) is 4.79 Å². The number of carbonyl (C=O) groups is 1. The van der Waals surface area contributed by atoms with Crippen LogP contribution in [0, 0.1) is 5.92 Å². The summed E-state index contributed by atoms with van der Waals surface area (Å²) < 4.78 is 5.33. The number of nitrogens with one attached hydrogen (secondary N) is 1. The highest BCUT2D eigenvalue weighted by Gasteiger charge is 2.27. The summed E-state index contributed by atoms with van der Waals surface area (Å²) in [4.78, 5) is 14.4. The van der Waals surface area contributed by atoms with Crippen molar-refractivity contribution in [3.8, 4) is 0 Å². The van der Waals surface area contributed by atoms with Crippen molar-refractivity contribution in [2.24, 2.45) is 11.7 Å². The Labute approximate surface area is 139 Å². The molecule has 1 fully saturated rings. The van der Waals surface area contributed by atoms with Gasteiger partial charge in [0.2, 0.25) is 0 Å². The quantitative estimate of drug-likeness (QED) is 0.809. The molecule has 3 N–H and O–H groups in total. The molecule has 1 heterocycles. The van der Waals surface area contributed by atoms with Gasteiger partial charge in [-0.15, -0.1) is 0 Å². The van der Waals surface area contributed by atoms with Gasteiger partial charge in [-0.1, -0.05) is 43.7 Å². The Morgan fingerprint density at radius 3 is 2.83 bits per heavy atom. The molecule has 0 spiro atoms. The van der Waals surface area contributed by atoms with Gasteiger partial charge in [-0.25, -0.2) is 4.79 Å². The fourth-order valence-electron chi connectivity index (χ4n) is 3.32. The second-order valence-electron chi connectivity index (χ2n) is 6.34. The van der Waals surface area contributed by atoms with Crippen molar-refractivity contribution in [3.05, 3.63) is 35.9 Å². The molecule has 2 atom stereocenters. The van der Waals surface area contributed by atoms with E-state index in [4.69, 9.17) is 10.5 Å². The largest absolute Gasteiger partial charge is 0.445 e. The van der Waals surface area contributed by atoms with Gasteiger partial charge >= 0.3 is 6.09 Å². The monoisotopic (exact) mass is 319 g/mol. The predicted octanol–water partition coefficient (Wildman–Crippen LogP) is 2.36. The van der Waals surface area contributed by atoms with E-state index in [-0.39, 0.29) is 12.1 Å². The third kappa shape index (κ3) is 6.20. The number of hydrogen-bond acceptors (Lipinski definition) is 4. The van der Waals surface area contributed by atoms with Crippen LogP contribution in [0.15, 0.2) is 30.3 Å². The van der Waals surface area contributed by atoms with Crippen LogP contribution < -0.4 is 11.1 Å². The summed E-state index contributed by atoms with van der Waals surface area (Å²) in [5.41, 5.74) is 6.68. The zero-order chi connectivity index (χ0) is 16.5. The highest BCUT2D eigenvalue weighted by atomic mass is 16.5. The predicted molar refractivity (Wildman–Crippen MR) is 92.1 cm³/mol. The van der Waals surface area contributed by atoms with Crippen LogP contribution in [0.1, 0.15) is 31.7 Å². The summed E-state index contributed by atoms with van der Waals surface area (Å²) in [5.74, 6) is 0.625. The number of ether oxygens (including phenoxy) is 1. The van der Waals surface area contributed by atoms with Crippen LogP contribution in [0.5, 0.6) is 0 Å². The minimum Gasteiger partial charge on any atom is -0.445 e. The van der Waals surface area contributed by atoms with E-state index in [0.717, 1.165) is 31.6 Å². The molecule has 128 valence electrons. The molecule has 1 aliphatic heterocycles. The van der Waals surface area contributed by atoms with E-state index in [2.05, 4.69) is 17.1 Å². The smallest absolute Gasteiger partial charge is 0.407 e. The fraction of sp³-hybridized carbons (Fsp3) is 0.611. The molecule has 1 aromatic carbocycles. The normalized spacial score (nSPS) is 21.8. The van der Waals surface area contributed by atoms with Gasteiger partial charge < -0.3 is 15.8 Å². The summed E-state index contributed by atoms with van der Waals surface area (Å²) in [6.07, 6.45) is 3.06. The van der Waals surface area contributed by atoms with Crippen molar-refractivity contribution in [2.45, 2.75) is 38.8 Å². The number of likely N-dealkylation sites (tertiary alicyclic amines) is 1. The number of benzene rings is 1. The maximum Gasteiger partial charge on any atom is 0.407 e. The Kier molecular flexibility index (Phi) is 7.36. The zero-order valence-corrected chi connectivity index (χ0v) is 14.0. The lowest BCUT2D eigenvalue weighted by Gasteiger charge is -2.37. The van der Waals surface area contributed by atoms with Gasteiger partial charge in [0.1, 0.15) is 6.61 Å². The van der Waals surface area contributed by atoms with Crippen molar-refractivity contribution >= 4 is 6.09 Å². The van der Waals surface area contributed by atoms with Crippen molar-refractivity contribution in [1.29, 1.82) is 0 Å². The maximum absolute atomic E-state index is 12.0. The molecule has 1 amide bonds. The summed E-state index contributed by atoms with van der Waals surface area (Å²) in [6, 6.07) is 9.89. The molecule has 1 aliphatic rings. The Hall–Kier alpha value is -1.59. The molecule has 2 unspecified atom stereocenters. The molecule has 23 heavy (non-hydrogen) atoms. The number of hydrogen-bond donors (Lipinski definition) is 2. The molecule has 0 radical (unpaired) electrons. The van der Waals surface area contributed by atoms with Gasteiger partial charge in [0.25, 0.3) is 0 Å². The highest BCUT2D eigenvalue weighted by molar-refractivity contribution is 5.67. The average Bonchev–Trinajstić information content (AvgIpc) is 2.54. The Balaban J connectivity index is 1.80. The maximum atomic E-state index is 12.0. The van der Waals surface area contributed by atoms with Gasteiger partial charge in [0.15, 0.2) is 0 Å². The van der Waals surface area contributed by atoms with E-state index >= 15 is 0 Å². The molecule has 5 heteroatoms. The minimum absolute atomic E-state index is 0.148. The lowest BCUT2D eigenvalue weighted by Crippen LogP contribution is -2.51. The molecule has 1 aromatic rings. The van der Waals surface area contributed by atoms with E-state index in [1.165, 1.54) is 12.8 Å². The Bertz CT molecular complexity index is 453. The molecule has 0 aromatic heterocycles. The lowest BCUT2D eigenvalue weighted by atomic mass is 9.90. The number of amides is 1. The summed E-state index contributed by atoms with van der Waals surface area (Å²) in [6.45, 7) is 6.00. The van der Waals surface area contributed by atoms with Crippen LogP contribution in [0.2, 0.25) is 0 Å². The minimum atomic E-state index is -0.330. The molecular weight excluding hydrogens is 290 g/mol. The first-order valence-corrected chi connectivity index (χ1v) is 8.61. The van der Waals surface area contributed by atoms with Crippen LogP contribution in [-0.4, -0.2) is 43.2 Å². The third-order valence-electron chi connectivity index (χ3n) is 4.29. The molecule has 1 saturated heterocycles. The Morgan fingerprint density at radius 2 is 2.13 bits per heavy atom. The second kappa shape index (κ2) is 9.53. The Morgan fingerprint density at radius 1 is 1.35 bits per heavy atom. The van der Waals surface area contributed by atoms with Crippen LogP contribution >= 0.6 is 0 Å². The van der Waals surface area contributed by atoms with Crippen LogP contribution in [0.3, 0.4) is 0 Å². The summed E-state index contributed by atoms with van der Waals surface area (Å²) >= 11 is 0. The SMILES string of the molecule is CCCC1CC(NC(=O)OCc2ccccc2)CN(CCN)C1. The van der Waals surface area contributed by atoms with Crippen molar-refractivity contribution in [2.75, 3.05) is 26.2 Å². The number of carbonyl (C=O) groups excluding carboxylic acids is 1. The number of rotatable bonds is 7. The zero-order valence-electron chi connectivity index (χ0n) is 14.0. The standard InChI is InChI=1S/C18H29N3O2/c1-2-6-16-11-17(13-21(12-16)10-9-19)20-18(22)23-14-15-7-4-3-5-8-15/h3-5,7-8,16-17H,2,6,9-14,19H2,1H3,(H,20,22). The second-order valence-corrected chi connectivity index (χ2v) is 6.34. The average molecular weight is 319 g/mol. The van der Waals surface area contributed by atoms with E-state index in [0.29, 0.717) is 19.1 Å². The number of alkyl carbamates (subject to hydrolysis) is 1. The number of nitrogens with two attached hydrogens (primary N) is 1. The molecular formula is C18H29N3O2. The van der Waals surface area contributed by atoms with Gasteiger partial charge in [-0.05, 0) is 24.3 Å². The molecule has 0 saturated carbocycles. The van der Waals surface area contributed by atoms with Crippen LogP contribution in [0.25, 0.3) is 0 Å². The summed E-state index contributed by atoms with van der Waals surface area (Å²) in [5, 5.41) is 3.02.